The Balaban J connectivity index is 2.33. The predicted octanol–water partition coefficient (Wildman–Crippen LogP) is 1.84. The number of rotatable bonds is 3. The fraction of sp³-hybridized carbons (Fsp3) is 0.0588. The van der Waals surface area contributed by atoms with Crippen LogP contribution in [0.5, 0.6) is 5.88 Å². The van der Waals surface area contributed by atoms with Crippen LogP contribution in [-0.2, 0) is 0 Å². The first-order chi connectivity index (χ1) is 10.7. The van der Waals surface area contributed by atoms with E-state index >= 15 is 0 Å². The zero-order valence-corrected chi connectivity index (χ0v) is 14.4. The molecule has 0 saturated heterocycles. The van der Waals surface area contributed by atoms with Crippen LogP contribution in [0.2, 0.25) is 0 Å². The minimum absolute atomic E-state index is 0.0553. The summed E-state index contributed by atoms with van der Waals surface area (Å²) in [6.45, 7) is 0. The van der Waals surface area contributed by atoms with Crippen molar-refractivity contribution in [1.82, 2.24) is 0 Å². The second-order valence-electron chi connectivity index (χ2n) is 4.58. The van der Waals surface area contributed by atoms with Gasteiger partial charge in [0, 0.05) is 0 Å². The number of nitrogens with zero attached hydrogens (tertiary/aromatic N) is 1. The molecule has 3 rings (SSSR count). The van der Waals surface area contributed by atoms with E-state index in [0.717, 1.165) is 9.59 Å². The van der Waals surface area contributed by atoms with E-state index in [-0.39, 0.29) is 24.7 Å². The van der Waals surface area contributed by atoms with Crippen molar-refractivity contribution < 1.29 is 9.67 Å². The van der Waals surface area contributed by atoms with Gasteiger partial charge in [-0.05, 0) is 0 Å². The number of hydrogen-bond acceptors (Lipinski definition) is 3. The molecule has 3 aromatic rings. The van der Waals surface area contributed by atoms with Crippen LogP contribution in [0.15, 0.2) is 69.4 Å². The molecule has 5 heteroatoms. The number of benzene rings is 2. The molecule has 0 atom stereocenters. The van der Waals surface area contributed by atoms with Gasteiger partial charge in [-0.2, -0.15) is 0 Å². The number of aromatic nitrogens is 1. The van der Waals surface area contributed by atoms with E-state index in [2.05, 4.69) is 0 Å². The van der Waals surface area contributed by atoms with Gasteiger partial charge in [-0.25, -0.2) is 0 Å². The maximum atomic E-state index is 13.0. The normalized spacial score (nSPS) is 10.6. The number of para-hydroxylation sites is 1. The Bertz CT molecular complexity index is 848. The van der Waals surface area contributed by atoms with Crippen molar-refractivity contribution >= 4 is 26.3 Å². The molecule has 0 saturated carbocycles. The first kappa shape index (κ1) is 15.1. The SMILES string of the molecule is CSc1[se]c(=O)c(-c2ccccc2)c([O-])[n+]1-c1ccccc1. The number of hydrogen-bond donors (Lipinski definition) is 0. The van der Waals surface area contributed by atoms with Gasteiger partial charge in [0.25, 0.3) is 0 Å². The van der Waals surface area contributed by atoms with E-state index < -0.39 is 0 Å². The molecule has 0 aliphatic carbocycles. The van der Waals surface area contributed by atoms with Crippen LogP contribution in [0, 0.1) is 0 Å². The molecule has 0 amide bonds. The fourth-order valence-corrected chi connectivity index (χ4v) is 5.17. The van der Waals surface area contributed by atoms with Crippen molar-refractivity contribution in [3.05, 3.63) is 69.8 Å². The van der Waals surface area contributed by atoms with Gasteiger partial charge in [-0.1, -0.05) is 0 Å². The predicted molar refractivity (Wildman–Crippen MR) is 87.8 cm³/mol. The summed E-state index contributed by atoms with van der Waals surface area (Å²) in [5.74, 6) is -0.236. The third kappa shape index (κ3) is 2.75. The van der Waals surface area contributed by atoms with Crippen LogP contribution in [0.25, 0.3) is 16.8 Å². The summed E-state index contributed by atoms with van der Waals surface area (Å²) in [7, 11) is 0. The molecule has 22 heavy (non-hydrogen) atoms. The average Bonchev–Trinajstić information content (AvgIpc) is 2.56. The Hall–Kier alpha value is -1.81. The molecule has 110 valence electrons. The van der Waals surface area contributed by atoms with E-state index in [1.165, 1.54) is 11.8 Å². The molecular weight excluding hydrogens is 361 g/mol. The van der Waals surface area contributed by atoms with Crippen molar-refractivity contribution in [2.45, 2.75) is 3.90 Å². The van der Waals surface area contributed by atoms with Crippen molar-refractivity contribution in [2.75, 3.05) is 6.26 Å². The standard InChI is InChI=1S/C17H13NO2SSe/c1-21-17-18(13-10-6-3-7-11-13)15(19)14(16(20)22-17)12-8-4-2-5-9-12/h2-11H,1H3. The van der Waals surface area contributed by atoms with Crippen LogP contribution < -0.4 is 14.0 Å². The summed E-state index contributed by atoms with van der Waals surface area (Å²) in [4.78, 5) is 12.5. The first-order valence-corrected chi connectivity index (χ1v) is 9.61. The summed E-state index contributed by atoms with van der Waals surface area (Å²) in [6, 6.07) is 18.7. The molecule has 3 nitrogen and oxygen atoms in total. The molecule has 0 aliphatic rings. The monoisotopic (exact) mass is 375 g/mol. The first-order valence-electron chi connectivity index (χ1n) is 6.67. The molecule has 1 aromatic heterocycles. The van der Waals surface area contributed by atoms with Gasteiger partial charge in [0.1, 0.15) is 0 Å². The second-order valence-corrected chi connectivity index (χ2v) is 7.97. The zero-order chi connectivity index (χ0) is 15.5. The summed E-state index contributed by atoms with van der Waals surface area (Å²) in [5, 5.41) is 13.0. The Morgan fingerprint density at radius 1 is 1.00 bits per heavy atom. The van der Waals surface area contributed by atoms with Crippen LogP contribution in [0.1, 0.15) is 0 Å². The van der Waals surface area contributed by atoms with E-state index in [0.29, 0.717) is 11.1 Å². The van der Waals surface area contributed by atoms with Gasteiger partial charge in [0.15, 0.2) is 0 Å². The average molecular weight is 374 g/mol. The molecule has 0 N–H and O–H groups in total. The molecule has 0 aliphatic heterocycles. The Morgan fingerprint density at radius 2 is 1.59 bits per heavy atom. The van der Waals surface area contributed by atoms with Gasteiger partial charge in [0.2, 0.25) is 0 Å². The van der Waals surface area contributed by atoms with Gasteiger partial charge in [0.05, 0.1) is 0 Å². The summed E-state index contributed by atoms with van der Waals surface area (Å²) in [5.41, 5.74) is 1.79. The van der Waals surface area contributed by atoms with Crippen molar-refractivity contribution in [2.24, 2.45) is 0 Å². The topological polar surface area (TPSA) is 44.0 Å². The summed E-state index contributed by atoms with van der Waals surface area (Å²) < 4.78 is 2.45. The summed E-state index contributed by atoms with van der Waals surface area (Å²) >= 11 is 1.09. The van der Waals surface area contributed by atoms with E-state index in [9.17, 15) is 9.90 Å². The van der Waals surface area contributed by atoms with E-state index in [1.807, 2.05) is 66.9 Å². The van der Waals surface area contributed by atoms with Crippen LogP contribution in [0.4, 0.5) is 0 Å². The Labute approximate surface area is 138 Å². The molecule has 2 aromatic carbocycles. The molecule has 1 heterocycles. The zero-order valence-electron chi connectivity index (χ0n) is 11.9. The number of thioether (sulfide) groups is 1. The van der Waals surface area contributed by atoms with Crippen molar-refractivity contribution in [3.8, 4) is 22.7 Å². The van der Waals surface area contributed by atoms with Gasteiger partial charge in [-0.15, -0.1) is 0 Å². The Kier molecular flexibility index (Phi) is 4.48. The Morgan fingerprint density at radius 3 is 2.18 bits per heavy atom. The van der Waals surface area contributed by atoms with Crippen LogP contribution in [-0.4, -0.2) is 20.8 Å². The van der Waals surface area contributed by atoms with Gasteiger partial charge >= 0.3 is 139 Å². The molecule has 0 fully saturated rings. The van der Waals surface area contributed by atoms with Crippen molar-refractivity contribution in [3.63, 3.8) is 0 Å². The van der Waals surface area contributed by atoms with E-state index in [4.69, 9.17) is 0 Å². The van der Waals surface area contributed by atoms with Crippen LogP contribution >= 0.6 is 11.8 Å². The van der Waals surface area contributed by atoms with Gasteiger partial charge < -0.3 is 0 Å². The minimum atomic E-state index is -0.381. The molecule has 0 spiro atoms. The molecular formula is C17H13NO2SSe. The van der Waals surface area contributed by atoms with Crippen LogP contribution in [0.3, 0.4) is 0 Å². The molecule has 0 radical (unpaired) electrons. The molecule has 0 unspecified atom stereocenters. The second kappa shape index (κ2) is 6.53. The summed E-state index contributed by atoms with van der Waals surface area (Å²) in [6.07, 6.45) is 1.90. The van der Waals surface area contributed by atoms with Gasteiger partial charge in [-0.3, -0.25) is 0 Å². The molecule has 0 bridgehead atoms. The fourth-order valence-electron chi connectivity index (χ4n) is 2.24. The third-order valence-corrected chi connectivity index (χ3v) is 6.82. The van der Waals surface area contributed by atoms with E-state index in [1.54, 1.807) is 4.57 Å². The third-order valence-electron chi connectivity index (χ3n) is 3.24. The van der Waals surface area contributed by atoms with Crippen molar-refractivity contribution in [1.29, 1.82) is 0 Å². The quantitative estimate of drug-likeness (QED) is 0.399. The maximum absolute atomic E-state index is 13.0.